The maximum Gasteiger partial charge on any atom is 0.110 e. The molecule has 4 nitrogen and oxygen atoms in total. The molecular weight excluding hydrogens is 392 g/mol. The molecule has 150 valence electrons. The zero-order chi connectivity index (χ0) is 19.3. The predicted molar refractivity (Wildman–Crippen MR) is 112 cm³/mol. The van der Waals surface area contributed by atoms with Crippen LogP contribution < -0.4 is 0 Å². The normalized spacial score (nSPS) is 22.9. The second kappa shape index (κ2) is 7.28. The highest BCUT2D eigenvalue weighted by Crippen LogP contribution is 2.45. The number of aromatic nitrogens is 1. The van der Waals surface area contributed by atoms with Crippen LogP contribution in [-0.2, 0) is 43.3 Å². The van der Waals surface area contributed by atoms with Crippen molar-refractivity contribution in [2.45, 2.75) is 56.8 Å². The summed E-state index contributed by atoms with van der Waals surface area (Å²) in [5.74, 6) is 0.759. The van der Waals surface area contributed by atoms with E-state index in [9.17, 15) is 9.32 Å². The van der Waals surface area contributed by atoms with Crippen LogP contribution >= 0.6 is 11.6 Å². The fourth-order valence-electron chi connectivity index (χ4n) is 5.06. The van der Waals surface area contributed by atoms with Crippen molar-refractivity contribution < 1.29 is 9.32 Å². The van der Waals surface area contributed by atoms with Crippen LogP contribution in [0, 0.1) is 5.41 Å². The Morgan fingerprint density at radius 2 is 1.93 bits per heavy atom. The smallest absolute Gasteiger partial charge is 0.110 e. The molecule has 0 amide bonds. The minimum Gasteiger partial charge on any atom is -0.396 e. The number of halogens is 1. The summed E-state index contributed by atoms with van der Waals surface area (Å²) >= 11 is 5.99. The number of aliphatic hydroxyl groups is 1. The Bertz CT molecular complexity index is 912. The molecule has 1 saturated carbocycles. The van der Waals surface area contributed by atoms with Crippen LogP contribution in [-0.4, -0.2) is 37.7 Å². The lowest BCUT2D eigenvalue weighted by atomic mass is 9.69. The first kappa shape index (κ1) is 18.9. The van der Waals surface area contributed by atoms with Crippen LogP contribution in [0.4, 0.5) is 0 Å². The van der Waals surface area contributed by atoms with Gasteiger partial charge in [-0.3, -0.25) is 9.11 Å². The van der Waals surface area contributed by atoms with E-state index in [1.807, 2.05) is 12.1 Å². The molecule has 2 aliphatic heterocycles. The van der Waals surface area contributed by atoms with Gasteiger partial charge in [0.25, 0.3) is 0 Å². The van der Waals surface area contributed by atoms with Gasteiger partial charge >= 0.3 is 0 Å². The van der Waals surface area contributed by atoms with Crippen molar-refractivity contribution in [2.24, 2.45) is 5.41 Å². The number of fused-ring (bicyclic) bond motifs is 3. The molecule has 5 rings (SSSR count). The molecule has 2 aromatic rings. The van der Waals surface area contributed by atoms with Crippen molar-refractivity contribution in [3.63, 3.8) is 0 Å². The van der Waals surface area contributed by atoms with Crippen molar-refractivity contribution in [3.8, 4) is 0 Å². The number of benzene rings is 1. The Kier molecular flexibility index (Phi) is 4.90. The van der Waals surface area contributed by atoms with Crippen LogP contribution in [0.1, 0.15) is 41.6 Å². The van der Waals surface area contributed by atoms with Gasteiger partial charge in [0, 0.05) is 48.1 Å². The Hall–Kier alpha value is -1.14. The van der Waals surface area contributed by atoms with Crippen LogP contribution in [0.3, 0.4) is 0 Å². The van der Waals surface area contributed by atoms with Gasteiger partial charge in [-0.15, -0.1) is 0 Å². The fraction of sp³-hybridized carbons (Fsp3) is 0.545. The van der Waals surface area contributed by atoms with E-state index in [1.165, 1.54) is 28.8 Å². The zero-order valence-electron chi connectivity index (χ0n) is 16.1. The number of aliphatic hydroxyl groups excluding tert-OH is 1. The third kappa shape index (κ3) is 3.17. The summed E-state index contributed by atoms with van der Waals surface area (Å²) in [6.07, 6.45) is 5.31. The molecule has 1 aromatic carbocycles. The highest BCUT2D eigenvalue weighted by molar-refractivity contribution is 7.85. The van der Waals surface area contributed by atoms with Crippen LogP contribution in [0.5, 0.6) is 0 Å². The van der Waals surface area contributed by atoms with Gasteiger partial charge in [-0.2, -0.15) is 0 Å². The summed E-state index contributed by atoms with van der Waals surface area (Å²) in [4.78, 5) is 2.50. The molecular formula is C22H27ClN2O2S. The number of rotatable bonds is 6. The van der Waals surface area contributed by atoms with Gasteiger partial charge in [0.2, 0.25) is 0 Å². The van der Waals surface area contributed by atoms with E-state index in [0.29, 0.717) is 0 Å². The second-order valence-corrected chi connectivity index (χ2v) is 10.6. The van der Waals surface area contributed by atoms with E-state index in [-0.39, 0.29) is 12.0 Å². The highest BCUT2D eigenvalue weighted by atomic mass is 35.5. The standard InChI is InChI=1S/C22H27ClN2O2S/c23-17-4-2-16(3-5-17)6-10-24-12-19-18-7-11-28(27)21(18)25(20(19)13-24)14-22(15-26)8-1-9-22/h2-5,26H,1,6-15H2/t28-/m0/s1. The van der Waals surface area contributed by atoms with E-state index in [2.05, 4.69) is 21.6 Å². The third-order valence-electron chi connectivity index (χ3n) is 6.92. The van der Waals surface area contributed by atoms with Crippen molar-refractivity contribution in [1.29, 1.82) is 0 Å². The first-order valence-electron chi connectivity index (χ1n) is 10.3. The summed E-state index contributed by atoms with van der Waals surface area (Å²) < 4.78 is 15.0. The fourth-order valence-corrected chi connectivity index (χ4v) is 6.69. The van der Waals surface area contributed by atoms with Gasteiger partial charge in [0.15, 0.2) is 0 Å². The average molecular weight is 419 g/mol. The molecule has 0 bridgehead atoms. The van der Waals surface area contributed by atoms with Gasteiger partial charge in [-0.05, 0) is 54.5 Å². The molecule has 0 spiro atoms. The van der Waals surface area contributed by atoms with E-state index >= 15 is 0 Å². The summed E-state index contributed by atoms with van der Waals surface area (Å²) in [6.45, 7) is 3.97. The molecule has 1 N–H and O–H groups in total. The Morgan fingerprint density at radius 1 is 1.14 bits per heavy atom. The molecule has 28 heavy (non-hydrogen) atoms. The van der Waals surface area contributed by atoms with Gasteiger partial charge in [-0.1, -0.05) is 30.2 Å². The van der Waals surface area contributed by atoms with Gasteiger partial charge in [-0.25, -0.2) is 0 Å². The molecule has 3 heterocycles. The monoisotopic (exact) mass is 418 g/mol. The summed E-state index contributed by atoms with van der Waals surface area (Å²) in [7, 11) is -0.878. The SMILES string of the molecule is O=[S@]1CCc2c3c(n(CC4(CO)CCC4)c21)CN(CCc1ccc(Cl)cc1)C3. The van der Waals surface area contributed by atoms with Crippen molar-refractivity contribution in [2.75, 3.05) is 18.9 Å². The topological polar surface area (TPSA) is 45.5 Å². The first-order chi connectivity index (χ1) is 13.6. The lowest BCUT2D eigenvalue weighted by molar-refractivity contribution is 0.0246. The molecule has 1 fully saturated rings. The molecule has 1 aliphatic carbocycles. The molecule has 6 heteroatoms. The van der Waals surface area contributed by atoms with Crippen molar-refractivity contribution in [1.82, 2.24) is 9.47 Å². The molecule has 1 atom stereocenters. The third-order valence-corrected chi connectivity index (χ3v) is 8.65. The van der Waals surface area contributed by atoms with Gasteiger partial charge < -0.3 is 9.67 Å². The quantitative estimate of drug-likeness (QED) is 0.780. The van der Waals surface area contributed by atoms with Crippen LogP contribution in [0.2, 0.25) is 5.02 Å². The molecule has 0 saturated heterocycles. The zero-order valence-corrected chi connectivity index (χ0v) is 17.7. The highest BCUT2D eigenvalue weighted by Gasteiger charge is 2.41. The Labute approximate surface area is 174 Å². The lowest BCUT2D eigenvalue weighted by Crippen LogP contribution is -2.38. The van der Waals surface area contributed by atoms with E-state index in [1.54, 1.807) is 0 Å². The van der Waals surface area contributed by atoms with Crippen molar-refractivity contribution in [3.05, 3.63) is 51.7 Å². The lowest BCUT2D eigenvalue weighted by Gasteiger charge is -2.41. The average Bonchev–Trinajstić information content (AvgIpc) is 3.31. The van der Waals surface area contributed by atoms with E-state index < -0.39 is 10.8 Å². The number of hydrogen-bond donors (Lipinski definition) is 1. The largest absolute Gasteiger partial charge is 0.396 e. The van der Waals surface area contributed by atoms with E-state index in [4.69, 9.17) is 11.6 Å². The maximum atomic E-state index is 12.7. The Morgan fingerprint density at radius 3 is 2.61 bits per heavy atom. The minimum absolute atomic E-state index is 0.00404. The van der Waals surface area contributed by atoms with Gasteiger partial charge in [0.1, 0.15) is 5.03 Å². The van der Waals surface area contributed by atoms with Gasteiger partial charge in [0.05, 0.1) is 17.4 Å². The molecule has 0 radical (unpaired) electrons. The molecule has 1 aromatic heterocycles. The number of hydrogen-bond acceptors (Lipinski definition) is 3. The summed E-state index contributed by atoms with van der Waals surface area (Å²) in [5, 5.41) is 11.8. The van der Waals surface area contributed by atoms with Crippen LogP contribution in [0.25, 0.3) is 0 Å². The maximum absolute atomic E-state index is 12.7. The molecule has 0 unspecified atom stereocenters. The first-order valence-corrected chi connectivity index (χ1v) is 12.0. The Balaban J connectivity index is 1.36. The van der Waals surface area contributed by atoms with Crippen LogP contribution in [0.15, 0.2) is 29.3 Å². The molecule has 3 aliphatic rings. The minimum atomic E-state index is -0.878. The number of nitrogens with zero attached hydrogens (tertiary/aromatic N) is 2. The second-order valence-electron chi connectivity index (χ2n) is 8.69. The summed E-state index contributed by atoms with van der Waals surface area (Å²) in [5.41, 5.74) is 5.43. The van der Waals surface area contributed by atoms with E-state index in [0.717, 1.165) is 67.7 Å². The predicted octanol–water partition coefficient (Wildman–Crippen LogP) is 3.53. The summed E-state index contributed by atoms with van der Waals surface area (Å²) in [6, 6.07) is 8.12. The van der Waals surface area contributed by atoms with Crippen molar-refractivity contribution >= 4 is 22.4 Å².